The van der Waals surface area contributed by atoms with Crippen molar-refractivity contribution in [1.29, 1.82) is 0 Å². The second-order valence-electron chi connectivity index (χ2n) is 5.83. The Labute approximate surface area is 144 Å². The van der Waals surface area contributed by atoms with E-state index in [2.05, 4.69) is 5.32 Å². The number of unbranched alkanes of at least 4 members (excludes halogenated alkanes) is 1. The Morgan fingerprint density at radius 1 is 1.00 bits per heavy atom. The maximum atomic E-state index is 12.6. The summed E-state index contributed by atoms with van der Waals surface area (Å²) in [7, 11) is 0. The number of halogens is 3. The van der Waals surface area contributed by atoms with E-state index in [1.54, 1.807) is 30.3 Å². The van der Waals surface area contributed by atoms with Gasteiger partial charge in [0.2, 0.25) is 0 Å². The van der Waals surface area contributed by atoms with Crippen molar-refractivity contribution in [3.05, 3.63) is 70.8 Å². The summed E-state index contributed by atoms with van der Waals surface area (Å²) in [6.07, 6.45) is -2.04. The van der Waals surface area contributed by atoms with Gasteiger partial charge in [-0.3, -0.25) is 0 Å². The predicted octanol–water partition coefficient (Wildman–Crippen LogP) is 4.52. The highest BCUT2D eigenvalue weighted by atomic mass is 19.4. The van der Waals surface area contributed by atoms with E-state index in [1.807, 2.05) is 0 Å². The van der Waals surface area contributed by atoms with Crippen LogP contribution in [0.5, 0.6) is 0 Å². The number of rotatable bonds is 8. The minimum atomic E-state index is -4.30. The molecule has 0 radical (unpaired) electrons. The van der Waals surface area contributed by atoms with Crippen molar-refractivity contribution in [1.82, 2.24) is 5.32 Å². The topological polar surface area (TPSA) is 49.3 Å². The third-order valence-electron chi connectivity index (χ3n) is 3.85. The molecule has 0 fully saturated rings. The molecule has 134 valence electrons. The molecule has 0 amide bonds. The van der Waals surface area contributed by atoms with Crippen LogP contribution < -0.4 is 5.32 Å². The molecule has 0 bridgehead atoms. The van der Waals surface area contributed by atoms with Crippen LogP contribution in [0.4, 0.5) is 13.2 Å². The van der Waals surface area contributed by atoms with E-state index in [0.29, 0.717) is 18.5 Å². The summed E-state index contributed by atoms with van der Waals surface area (Å²) in [4.78, 5) is 10.8. The van der Waals surface area contributed by atoms with E-state index in [0.717, 1.165) is 31.0 Å². The summed E-state index contributed by atoms with van der Waals surface area (Å²) in [5.41, 5.74) is 1.33. The molecule has 3 nitrogen and oxygen atoms in total. The van der Waals surface area contributed by atoms with Gasteiger partial charge in [-0.1, -0.05) is 30.3 Å². The molecule has 0 aliphatic carbocycles. The Morgan fingerprint density at radius 3 is 2.36 bits per heavy atom. The van der Waals surface area contributed by atoms with Gasteiger partial charge in [0.1, 0.15) is 0 Å². The molecule has 2 aromatic rings. The SMILES string of the molecule is O=C(O)c1ccc(CNCCCCc2cccc(C(F)(F)F)c2)cc1. The summed E-state index contributed by atoms with van der Waals surface area (Å²) in [5, 5.41) is 12.1. The molecule has 0 spiro atoms. The predicted molar refractivity (Wildman–Crippen MR) is 89.5 cm³/mol. The average molecular weight is 351 g/mol. The van der Waals surface area contributed by atoms with Crippen LogP contribution in [0, 0.1) is 0 Å². The van der Waals surface area contributed by atoms with Gasteiger partial charge in [-0.2, -0.15) is 13.2 Å². The monoisotopic (exact) mass is 351 g/mol. The van der Waals surface area contributed by atoms with Crippen LogP contribution in [0.25, 0.3) is 0 Å². The molecule has 0 atom stereocenters. The van der Waals surface area contributed by atoms with Crippen molar-refractivity contribution < 1.29 is 23.1 Å². The molecule has 0 aliphatic heterocycles. The summed E-state index contributed by atoms with van der Waals surface area (Å²) >= 11 is 0. The van der Waals surface area contributed by atoms with Crippen LogP contribution in [0.3, 0.4) is 0 Å². The van der Waals surface area contributed by atoms with Crippen LogP contribution in [0.15, 0.2) is 48.5 Å². The van der Waals surface area contributed by atoms with Crippen LogP contribution in [-0.2, 0) is 19.1 Å². The first-order valence-electron chi connectivity index (χ1n) is 8.05. The fourth-order valence-electron chi connectivity index (χ4n) is 2.48. The maximum Gasteiger partial charge on any atom is 0.416 e. The summed E-state index contributed by atoms with van der Waals surface area (Å²) in [6.45, 7) is 1.38. The van der Waals surface area contributed by atoms with Crippen molar-refractivity contribution in [2.45, 2.75) is 32.0 Å². The largest absolute Gasteiger partial charge is 0.478 e. The number of carbonyl (C=O) groups is 1. The Hall–Kier alpha value is -2.34. The van der Waals surface area contributed by atoms with Gasteiger partial charge in [-0.05, 0) is 55.1 Å². The molecule has 0 unspecified atom stereocenters. The zero-order valence-electron chi connectivity index (χ0n) is 13.6. The normalized spacial score (nSPS) is 11.5. The average Bonchev–Trinajstić information content (AvgIpc) is 2.58. The molecule has 2 N–H and O–H groups in total. The van der Waals surface area contributed by atoms with E-state index in [1.165, 1.54) is 12.1 Å². The second kappa shape index (κ2) is 8.67. The second-order valence-corrected chi connectivity index (χ2v) is 5.83. The summed E-state index contributed by atoms with van der Waals surface area (Å²) in [5.74, 6) is -0.950. The van der Waals surface area contributed by atoms with E-state index in [9.17, 15) is 18.0 Å². The van der Waals surface area contributed by atoms with Crippen molar-refractivity contribution in [3.63, 3.8) is 0 Å². The molecule has 2 rings (SSSR count). The number of aromatic carboxylic acids is 1. The molecule has 25 heavy (non-hydrogen) atoms. The van der Waals surface area contributed by atoms with Gasteiger partial charge in [0.25, 0.3) is 0 Å². The molecular formula is C19H20F3NO2. The van der Waals surface area contributed by atoms with Crippen molar-refractivity contribution in [2.24, 2.45) is 0 Å². The maximum absolute atomic E-state index is 12.6. The Morgan fingerprint density at radius 2 is 1.72 bits per heavy atom. The minimum Gasteiger partial charge on any atom is -0.478 e. The molecule has 0 aliphatic rings. The van der Waals surface area contributed by atoms with Gasteiger partial charge >= 0.3 is 12.1 Å². The van der Waals surface area contributed by atoms with Crippen molar-refractivity contribution >= 4 is 5.97 Å². The Kier molecular flexibility index (Phi) is 6.58. The molecule has 0 heterocycles. The van der Waals surface area contributed by atoms with Gasteiger partial charge < -0.3 is 10.4 Å². The molecular weight excluding hydrogens is 331 g/mol. The van der Waals surface area contributed by atoms with Crippen LogP contribution in [0.2, 0.25) is 0 Å². The molecule has 0 saturated heterocycles. The molecule has 6 heteroatoms. The zero-order chi connectivity index (χ0) is 18.3. The summed E-state index contributed by atoms with van der Waals surface area (Å²) in [6, 6.07) is 12.1. The highest BCUT2D eigenvalue weighted by Gasteiger charge is 2.30. The highest BCUT2D eigenvalue weighted by Crippen LogP contribution is 2.29. The van der Waals surface area contributed by atoms with Gasteiger partial charge in [0, 0.05) is 6.54 Å². The fraction of sp³-hybridized carbons (Fsp3) is 0.316. The van der Waals surface area contributed by atoms with Crippen LogP contribution >= 0.6 is 0 Å². The van der Waals surface area contributed by atoms with Gasteiger partial charge in [0.15, 0.2) is 0 Å². The molecule has 0 aromatic heterocycles. The fourth-order valence-corrected chi connectivity index (χ4v) is 2.48. The number of benzene rings is 2. The highest BCUT2D eigenvalue weighted by molar-refractivity contribution is 5.87. The van der Waals surface area contributed by atoms with Gasteiger partial charge in [0.05, 0.1) is 11.1 Å². The smallest absolute Gasteiger partial charge is 0.416 e. The lowest BCUT2D eigenvalue weighted by molar-refractivity contribution is -0.137. The molecule has 2 aromatic carbocycles. The number of aryl methyl sites for hydroxylation is 1. The van der Waals surface area contributed by atoms with E-state index >= 15 is 0 Å². The third-order valence-corrected chi connectivity index (χ3v) is 3.85. The standard InChI is InChI=1S/C19H20F3NO2/c20-19(21,22)17-6-3-5-14(12-17)4-1-2-11-23-13-15-7-9-16(10-8-15)18(24)25/h3,5-10,12,23H,1-2,4,11,13H2,(H,24,25). The molecule has 0 saturated carbocycles. The minimum absolute atomic E-state index is 0.254. The van der Waals surface area contributed by atoms with Gasteiger partial charge in [-0.15, -0.1) is 0 Å². The Bertz CT molecular complexity index is 697. The van der Waals surface area contributed by atoms with E-state index < -0.39 is 17.7 Å². The van der Waals surface area contributed by atoms with Crippen LogP contribution in [0.1, 0.15) is 39.9 Å². The first-order valence-corrected chi connectivity index (χ1v) is 8.05. The number of carboxylic acids is 1. The first kappa shape index (κ1) is 19.0. The van der Waals surface area contributed by atoms with Crippen molar-refractivity contribution in [2.75, 3.05) is 6.54 Å². The van der Waals surface area contributed by atoms with Crippen molar-refractivity contribution in [3.8, 4) is 0 Å². The first-order chi connectivity index (χ1) is 11.9. The number of nitrogens with one attached hydrogen (secondary N) is 1. The lowest BCUT2D eigenvalue weighted by Gasteiger charge is -2.09. The summed E-state index contributed by atoms with van der Waals surface area (Å²) < 4.78 is 37.9. The number of hydrogen-bond donors (Lipinski definition) is 2. The number of hydrogen-bond acceptors (Lipinski definition) is 2. The number of carboxylic acid groups (broad SMARTS) is 1. The Balaban J connectivity index is 1.67. The van der Waals surface area contributed by atoms with E-state index in [-0.39, 0.29) is 5.56 Å². The van der Waals surface area contributed by atoms with Crippen LogP contribution in [-0.4, -0.2) is 17.6 Å². The third kappa shape index (κ3) is 6.23. The zero-order valence-corrected chi connectivity index (χ0v) is 13.6. The number of alkyl halides is 3. The lowest BCUT2D eigenvalue weighted by Crippen LogP contribution is -2.15. The van der Waals surface area contributed by atoms with E-state index in [4.69, 9.17) is 5.11 Å². The van der Waals surface area contributed by atoms with Gasteiger partial charge in [-0.25, -0.2) is 4.79 Å². The quantitative estimate of drug-likeness (QED) is 0.688. The lowest BCUT2D eigenvalue weighted by atomic mass is 10.0.